The summed E-state index contributed by atoms with van der Waals surface area (Å²) in [5.74, 6) is 0. The second kappa shape index (κ2) is 4.63. The number of likely N-dealkylation sites (N-methyl/N-ethyl adjacent to an activating group) is 1. The molecule has 1 saturated carbocycles. The number of rotatable bonds is 3. The fourth-order valence-electron chi connectivity index (χ4n) is 2.92. The molecule has 2 fully saturated rings. The second-order valence-electron chi connectivity index (χ2n) is 6.16. The van der Waals surface area contributed by atoms with Gasteiger partial charge >= 0.3 is 0 Å². The molecule has 0 aromatic rings. The van der Waals surface area contributed by atoms with Gasteiger partial charge in [0.05, 0.1) is 0 Å². The van der Waals surface area contributed by atoms with Crippen molar-refractivity contribution in [3.05, 3.63) is 0 Å². The lowest BCUT2D eigenvalue weighted by Gasteiger charge is -2.38. The lowest BCUT2D eigenvalue weighted by Crippen LogP contribution is -2.48. The number of nitrogens with two attached hydrogens (primary N) is 1. The number of hydrogen-bond acceptors (Lipinski definition) is 3. The zero-order valence-electron chi connectivity index (χ0n) is 11.1. The SMILES string of the molecule is CN1CCC(C)(C)N(C2CC2)CC1CCN. The van der Waals surface area contributed by atoms with Gasteiger partial charge in [-0.1, -0.05) is 0 Å². The van der Waals surface area contributed by atoms with Gasteiger partial charge in [0, 0.05) is 24.2 Å². The van der Waals surface area contributed by atoms with E-state index in [1.165, 1.54) is 32.4 Å². The second-order valence-corrected chi connectivity index (χ2v) is 6.16. The van der Waals surface area contributed by atoms with Crippen molar-refractivity contribution in [2.24, 2.45) is 5.73 Å². The Morgan fingerprint density at radius 2 is 2.00 bits per heavy atom. The van der Waals surface area contributed by atoms with Gasteiger partial charge in [-0.25, -0.2) is 0 Å². The normalized spacial score (nSPS) is 32.6. The molecule has 1 saturated heterocycles. The van der Waals surface area contributed by atoms with E-state index in [9.17, 15) is 0 Å². The van der Waals surface area contributed by atoms with Gasteiger partial charge in [0.2, 0.25) is 0 Å². The highest BCUT2D eigenvalue weighted by atomic mass is 15.3. The van der Waals surface area contributed by atoms with Gasteiger partial charge in [-0.15, -0.1) is 0 Å². The Hall–Kier alpha value is -0.120. The van der Waals surface area contributed by atoms with Gasteiger partial charge < -0.3 is 10.6 Å². The van der Waals surface area contributed by atoms with Gasteiger partial charge in [0.25, 0.3) is 0 Å². The molecule has 94 valence electrons. The summed E-state index contributed by atoms with van der Waals surface area (Å²) < 4.78 is 0. The molecule has 3 heteroatoms. The van der Waals surface area contributed by atoms with Crippen molar-refractivity contribution in [2.45, 2.75) is 57.2 Å². The maximum atomic E-state index is 5.73. The van der Waals surface area contributed by atoms with E-state index in [1.54, 1.807) is 0 Å². The molecular weight excluding hydrogens is 198 g/mol. The summed E-state index contributed by atoms with van der Waals surface area (Å²) in [5.41, 5.74) is 6.11. The maximum Gasteiger partial charge on any atom is 0.0232 e. The average Bonchev–Trinajstić information content (AvgIpc) is 3.03. The molecule has 1 aliphatic carbocycles. The Morgan fingerprint density at radius 1 is 1.31 bits per heavy atom. The molecule has 0 radical (unpaired) electrons. The Morgan fingerprint density at radius 3 is 2.56 bits per heavy atom. The molecule has 3 nitrogen and oxygen atoms in total. The van der Waals surface area contributed by atoms with Crippen LogP contribution in [0.15, 0.2) is 0 Å². The van der Waals surface area contributed by atoms with Crippen LogP contribution in [0.3, 0.4) is 0 Å². The van der Waals surface area contributed by atoms with Gasteiger partial charge in [-0.05, 0) is 59.7 Å². The Kier molecular flexibility index (Phi) is 3.57. The minimum atomic E-state index is 0.374. The van der Waals surface area contributed by atoms with Crippen molar-refractivity contribution < 1.29 is 0 Å². The van der Waals surface area contributed by atoms with Crippen LogP contribution in [0.1, 0.15) is 39.5 Å². The Labute approximate surface area is 100.0 Å². The zero-order valence-corrected chi connectivity index (χ0v) is 11.1. The van der Waals surface area contributed by atoms with E-state index >= 15 is 0 Å². The van der Waals surface area contributed by atoms with Crippen molar-refractivity contribution >= 4 is 0 Å². The summed E-state index contributed by atoms with van der Waals surface area (Å²) >= 11 is 0. The zero-order chi connectivity index (χ0) is 11.8. The van der Waals surface area contributed by atoms with Crippen LogP contribution in [0.5, 0.6) is 0 Å². The van der Waals surface area contributed by atoms with E-state index in [1.807, 2.05) is 0 Å². The number of hydrogen-bond donors (Lipinski definition) is 1. The minimum absolute atomic E-state index is 0.374. The molecule has 0 aromatic carbocycles. The van der Waals surface area contributed by atoms with E-state index < -0.39 is 0 Å². The van der Waals surface area contributed by atoms with Crippen molar-refractivity contribution in [1.82, 2.24) is 9.80 Å². The first kappa shape index (κ1) is 12.3. The van der Waals surface area contributed by atoms with E-state index in [0.717, 1.165) is 19.0 Å². The topological polar surface area (TPSA) is 32.5 Å². The van der Waals surface area contributed by atoms with E-state index in [4.69, 9.17) is 5.73 Å². The van der Waals surface area contributed by atoms with Crippen LogP contribution in [0.4, 0.5) is 0 Å². The summed E-state index contributed by atoms with van der Waals surface area (Å²) in [4.78, 5) is 5.26. The molecule has 2 aliphatic rings. The molecule has 2 rings (SSSR count). The molecule has 0 spiro atoms. The van der Waals surface area contributed by atoms with E-state index in [2.05, 4.69) is 30.7 Å². The van der Waals surface area contributed by atoms with Crippen LogP contribution in [-0.4, -0.2) is 54.1 Å². The fourth-order valence-corrected chi connectivity index (χ4v) is 2.92. The van der Waals surface area contributed by atoms with Crippen molar-refractivity contribution in [3.63, 3.8) is 0 Å². The highest BCUT2D eigenvalue weighted by Gasteiger charge is 2.41. The maximum absolute atomic E-state index is 5.73. The highest BCUT2D eigenvalue weighted by Crippen LogP contribution is 2.36. The van der Waals surface area contributed by atoms with Gasteiger partial charge in [0.15, 0.2) is 0 Å². The van der Waals surface area contributed by atoms with Crippen LogP contribution in [0.25, 0.3) is 0 Å². The predicted molar refractivity (Wildman–Crippen MR) is 68.5 cm³/mol. The van der Waals surface area contributed by atoms with Crippen LogP contribution >= 0.6 is 0 Å². The van der Waals surface area contributed by atoms with E-state index in [0.29, 0.717) is 11.6 Å². The molecular formula is C13H27N3. The summed E-state index contributed by atoms with van der Waals surface area (Å²) in [5, 5.41) is 0. The molecule has 16 heavy (non-hydrogen) atoms. The van der Waals surface area contributed by atoms with Crippen molar-refractivity contribution in [1.29, 1.82) is 0 Å². The van der Waals surface area contributed by atoms with Gasteiger partial charge in [-0.3, -0.25) is 4.90 Å². The quantitative estimate of drug-likeness (QED) is 0.785. The third-order valence-electron chi connectivity index (χ3n) is 4.37. The molecule has 1 unspecified atom stereocenters. The van der Waals surface area contributed by atoms with Gasteiger partial charge in [0.1, 0.15) is 0 Å². The van der Waals surface area contributed by atoms with Crippen LogP contribution < -0.4 is 5.73 Å². The van der Waals surface area contributed by atoms with E-state index in [-0.39, 0.29) is 0 Å². The largest absolute Gasteiger partial charge is 0.330 e. The standard InChI is InChI=1S/C13H27N3/c1-13(2)7-9-15(3)12(6-8-14)10-16(13)11-4-5-11/h11-12H,4-10,14H2,1-3H3. The molecule has 2 N–H and O–H groups in total. The van der Waals surface area contributed by atoms with Gasteiger partial charge in [-0.2, -0.15) is 0 Å². The predicted octanol–water partition coefficient (Wildman–Crippen LogP) is 1.28. The fraction of sp³-hybridized carbons (Fsp3) is 1.00. The molecule has 1 aliphatic heterocycles. The lowest BCUT2D eigenvalue weighted by molar-refractivity contribution is 0.104. The van der Waals surface area contributed by atoms with Crippen molar-refractivity contribution in [2.75, 3.05) is 26.7 Å². The third-order valence-corrected chi connectivity index (χ3v) is 4.37. The monoisotopic (exact) mass is 225 g/mol. The summed E-state index contributed by atoms with van der Waals surface area (Å²) in [6.07, 6.45) is 5.22. The first-order valence-corrected chi connectivity index (χ1v) is 6.71. The molecule has 0 aromatic heterocycles. The Bertz CT molecular complexity index is 235. The molecule has 1 heterocycles. The number of nitrogens with zero attached hydrogens (tertiary/aromatic N) is 2. The van der Waals surface area contributed by atoms with Crippen LogP contribution in [0.2, 0.25) is 0 Å². The lowest BCUT2D eigenvalue weighted by atomic mass is 9.98. The van der Waals surface area contributed by atoms with Crippen molar-refractivity contribution in [3.8, 4) is 0 Å². The first-order valence-electron chi connectivity index (χ1n) is 6.71. The third kappa shape index (κ3) is 2.58. The first-order chi connectivity index (χ1) is 7.54. The Balaban J connectivity index is 2.07. The summed E-state index contributed by atoms with van der Waals surface area (Å²) in [6.45, 7) is 8.05. The van der Waals surface area contributed by atoms with Crippen LogP contribution in [-0.2, 0) is 0 Å². The summed E-state index contributed by atoms with van der Waals surface area (Å²) in [6, 6.07) is 1.52. The molecule has 0 amide bonds. The smallest absolute Gasteiger partial charge is 0.0232 e. The average molecular weight is 225 g/mol. The molecule has 0 bridgehead atoms. The highest BCUT2D eigenvalue weighted by molar-refractivity contribution is 4.98. The van der Waals surface area contributed by atoms with Crippen LogP contribution in [0, 0.1) is 0 Å². The molecule has 1 atom stereocenters. The summed E-state index contributed by atoms with van der Waals surface area (Å²) in [7, 11) is 2.26. The minimum Gasteiger partial charge on any atom is -0.330 e.